The molecule has 0 aliphatic heterocycles. The van der Waals surface area contributed by atoms with Crippen LogP contribution in [0.25, 0.3) is 0 Å². The molecule has 2 nitrogen and oxygen atoms in total. The third kappa shape index (κ3) is 2.36. The van der Waals surface area contributed by atoms with Gasteiger partial charge in [-0.1, -0.05) is 39.8 Å². The van der Waals surface area contributed by atoms with Crippen LogP contribution in [0.1, 0.15) is 47.0 Å². The third-order valence-corrected chi connectivity index (χ3v) is 10.0. The predicted molar refractivity (Wildman–Crippen MR) is 81.7 cm³/mol. The normalized spacial score (nSPS) is 35.9. The fourth-order valence-corrected chi connectivity index (χ4v) is 4.52. The molecule has 0 N–H and O–H groups in total. The quantitative estimate of drug-likeness (QED) is 0.556. The molecule has 0 aromatic heterocycles. The smallest absolute Gasteiger partial charge is 0.193 e. The lowest BCUT2D eigenvalue weighted by Gasteiger charge is -2.53. The Hall–Kier alpha value is -0.413. The van der Waals surface area contributed by atoms with Crippen LogP contribution < -0.4 is 0 Å². The zero-order valence-corrected chi connectivity index (χ0v) is 14.3. The highest BCUT2D eigenvalue weighted by Crippen LogP contribution is 2.53. The number of ketones is 1. The molecule has 19 heavy (non-hydrogen) atoms. The number of fused-ring (bicyclic) bond motifs is 3. The maximum Gasteiger partial charge on any atom is 0.193 e. The van der Waals surface area contributed by atoms with Gasteiger partial charge in [0.15, 0.2) is 14.1 Å². The molecule has 0 radical (unpaired) electrons. The third-order valence-electron chi connectivity index (χ3n) is 5.58. The van der Waals surface area contributed by atoms with Gasteiger partial charge in [-0.15, -0.1) is 0 Å². The van der Waals surface area contributed by atoms with Crippen LogP contribution >= 0.6 is 0 Å². The predicted octanol–water partition coefficient (Wildman–Crippen LogP) is 4.32. The standard InChI is InChI=1S/C16H28O2Si/c1-11-10-16(5)9-8-12(11)13(17)14(16)18-19(6,7)15(2,3)4/h12,14H,1,8-10H2,2-7H3/t12-,14+,16-/m1/s1. The Bertz CT molecular complexity index is 419. The number of hydrogen-bond acceptors (Lipinski definition) is 2. The number of rotatable bonds is 2. The second-order valence-electron chi connectivity index (χ2n) is 8.24. The lowest BCUT2D eigenvalue weighted by molar-refractivity contribution is -0.144. The molecule has 0 unspecified atom stereocenters. The molecule has 3 aliphatic rings. The number of carbonyl (C=O) groups is 1. The maximum absolute atomic E-state index is 12.6. The molecule has 0 heterocycles. The molecular weight excluding hydrogens is 252 g/mol. The Kier molecular flexibility index (Phi) is 3.38. The minimum atomic E-state index is -1.89. The summed E-state index contributed by atoms with van der Waals surface area (Å²) in [6, 6.07) is 0. The van der Waals surface area contributed by atoms with Crippen LogP contribution in [-0.2, 0) is 9.22 Å². The molecule has 3 fully saturated rings. The van der Waals surface area contributed by atoms with Crippen molar-refractivity contribution in [1.29, 1.82) is 0 Å². The Balaban J connectivity index is 2.26. The van der Waals surface area contributed by atoms with Gasteiger partial charge in [-0.05, 0) is 37.4 Å². The molecule has 0 amide bonds. The van der Waals surface area contributed by atoms with Gasteiger partial charge in [0.2, 0.25) is 0 Å². The number of Topliss-reactive ketones (excluding diaryl/α,β-unsaturated/α-hetero) is 1. The first-order valence-corrected chi connectivity index (χ1v) is 10.3. The Morgan fingerprint density at radius 3 is 2.37 bits per heavy atom. The molecular formula is C16H28O2Si. The zero-order valence-electron chi connectivity index (χ0n) is 13.3. The molecule has 3 aliphatic carbocycles. The number of carbonyl (C=O) groups excluding carboxylic acids is 1. The van der Waals surface area contributed by atoms with E-state index >= 15 is 0 Å². The van der Waals surface area contributed by atoms with Crippen LogP contribution in [0.5, 0.6) is 0 Å². The summed E-state index contributed by atoms with van der Waals surface area (Å²) in [5, 5.41) is 0.150. The summed E-state index contributed by atoms with van der Waals surface area (Å²) in [7, 11) is -1.89. The summed E-state index contributed by atoms with van der Waals surface area (Å²) in [5.74, 6) is 0.367. The van der Waals surface area contributed by atoms with Crippen LogP contribution in [0.2, 0.25) is 18.1 Å². The van der Waals surface area contributed by atoms with Crippen molar-refractivity contribution in [2.45, 2.75) is 71.2 Å². The van der Waals surface area contributed by atoms with Gasteiger partial charge in [0.05, 0.1) is 0 Å². The highest BCUT2D eigenvalue weighted by atomic mass is 28.4. The van der Waals surface area contributed by atoms with Gasteiger partial charge in [-0.3, -0.25) is 4.79 Å². The van der Waals surface area contributed by atoms with Gasteiger partial charge < -0.3 is 4.43 Å². The van der Waals surface area contributed by atoms with E-state index in [-0.39, 0.29) is 22.5 Å². The van der Waals surface area contributed by atoms with Crippen LogP contribution in [0.15, 0.2) is 12.2 Å². The lowest BCUT2D eigenvalue weighted by Crippen LogP contribution is -2.58. The largest absolute Gasteiger partial charge is 0.406 e. The molecule has 0 aromatic rings. The van der Waals surface area contributed by atoms with E-state index < -0.39 is 8.32 Å². The maximum atomic E-state index is 12.6. The highest BCUT2D eigenvalue weighted by Gasteiger charge is 2.55. The van der Waals surface area contributed by atoms with E-state index in [0.717, 1.165) is 24.8 Å². The summed E-state index contributed by atoms with van der Waals surface area (Å²) in [4.78, 5) is 12.6. The van der Waals surface area contributed by atoms with Gasteiger partial charge >= 0.3 is 0 Å². The van der Waals surface area contributed by atoms with Crippen LogP contribution in [0.4, 0.5) is 0 Å². The van der Waals surface area contributed by atoms with Crippen molar-refractivity contribution in [3.63, 3.8) is 0 Å². The van der Waals surface area contributed by atoms with E-state index in [0.29, 0.717) is 5.78 Å². The molecule has 0 saturated heterocycles. The summed E-state index contributed by atoms with van der Waals surface area (Å²) < 4.78 is 6.49. The lowest BCUT2D eigenvalue weighted by atomic mass is 9.58. The first kappa shape index (κ1) is 15.0. The van der Waals surface area contributed by atoms with Crippen LogP contribution in [-0.4, -0.2) is 20.2 Å². The minimum Gasteiger partial charge on any atom is -0.406 e. The Labute approximate surface area is 118 Å². The average molecular weight is 280 g/mol. The van der Waals surface area contributed by atoms with Gasteiger partial charge in [0.1, 0.15) is 6.10 Å². The van der Waals surface area contributed by atoms with E-state index in [1.807, 2.05) is 0 Å². The summed E-state index contributed by atoms with van der Waals surface area (Å²) in [6.07, 6.45) is 2.84. The van der Waals surface area contributed by atoms with E-state index in [2.05, 4.69) is 47.4 Å². The van der Waals surface area contributed by atoms with E-state index in [4.69, 9.17) is 4.43 Å². The van der Waals surface area contributed by atoms with Gasteiger partial charge in [0, 0.05) is 11.3 Å². The fourth-order valence-electron chi connectivity index (χ4n) is 3.17. The number of allylic oxidation sites excluding steroid dienone is 1. The Morgan fingerprint density at radius 1 is 1.37 bits per heavy atom. The first-order chi connectivity index (χ1) is 8.48. The Morgan fingerprint density at radius 2 is 1.95 bits per heavy atom. The molecule has 108 valence electrons. The second kappa shape index (κ2) is 4.29. The van der Waals surface area contributed by atoms with Crippen molar-refractivity contribution in [2.75, 3.05) is 0 Å². The van der Waals surface area contributed by atoms with E-state index in [9.17, 15) is 4.79 Å². The molecule has 3 rings (SSSR count). The second-order valence-corrected chi connectivity index (χ2v) is 13.0. The first-order valence-electron chi connectivity index (χ1n) is 7.37. The average Bonchev–Trinajstić information content (AvgIpc) is 2.21. The minimum absolute atomic E-state index is 0.0154. The molecule has 3 atom stereocenters. The highest BCUT2D eigenvalue weighted by molar-refractivity contribution is 6.74. The molecule has 3 saturated carbocycles. The summed E-state index contributed by atoms with van der Waals surface area (Å²) in [5.41, 5.74) is 1.12. The topological polar surface area (TPSA) is 26.3 Å². The SMILES string of the molecule is C=C1C[C@@]2(C)CC[C@H]1C(=O)[C@@H]2O[Si](C)(C)C(C)(C)C. The van der Waals surface area contributed by atoms with Crippen molar-refractivity contribution in [2.24, 2.45) is 11.3 Å². The monoisotopic (exact) mass is 280 g/mol. The van der Waals surface area contributed by atoms with Crippen molar-refractivity contribution in [3.05, 3.63) is 12.2 Å². The summed E-state index contributed by atoms with van der Waals surface area (Å²) >= 11 is 0. The summed E-state index contributed by atoms with van der Waals surface area (Å²) in [6.45, 7) is 17.5. The molecule has 3 heteroatoms. The van der Waals surface area contributed by atoms with E-state index in [1.54, 1.807) is 0 Å². The molecule has 2 bridgehead atoms. The fraction of sp³-hybridized carbons (Fsp3) is 0.812. The molecule has 0 aromatic carbocycles. The van der Waals surface area contributed by atoms with Crippen molar-refractivity contribution >= 4 is 14.1 Å². The van der Waals surface area contributed by atoms with Crippen LogP contribution in [0.3, 0.4) is 0 Å². The molecule has 0 spiro atoms. The number of hydrogen-bond donors (Lipinski definition) is 0. The van der Waals surface area contributed by atoms with Gasteiger partial charge in [0.25, 0.3) is 0 Å². The van der Waals surface area contributed by atoms with Crippen molar-refractivity contribution in [3.8, 4) is 0 Å². The van der Waals surface area contributed by atoms with Gasteiger partial charge in [-0.2, -0.15) is 0 Å². The van der Waals surface area contributed by atoms with Gasteiger partial charge in [-0.25, -0.2) is 0 Å². The zero-order chi connectivity index (χ0) is 14.6. The van der Waals surface area contributed by atoms with Crippen molar-refractivity contribution in [1.82, 2.24) is 0 Å². The van der Waals surface area contributed by atoms with Crippen molar-refractivity contribution < 1.29 is 9.22 Å². The van der Waals surface area contributed by atoms with Crippen LogP contribution in [0, 0.1) is 11.3 Å². The van der Waals surface area contributed by atoms with E-state index in [1.165, 1.54) is 0 Å².